The van der Waals surface area contributed by atoms with Gasteiger partial charge in [-0.2, -0.15) is 0 Å². The lowest BCUT2D eigenvalue weighted by atomic mass is 9.86. The van der Waals surface area contributed by atoms with Crippen molar-refractivity contribution in [1.82, 2.24) is 4.98 Å². The molecule has 0 bridgehead atoms. The van der Waals surface area contributed by atoms with E-state index < -0.39 is 0 Å². The molecule has 3 nitrogen and oxygen atoms in total. The highest BCUT2D eigenvalue weighted by atomic mass is 32.1. The van der Waals surface area contributed by atoms with Crippen molar-refractivity contribution in [2.24, 2.45) is 5.84 Å². The van der Waals surface area contributed by atoms with Crippen molar-refractivity contribution >= 4 is 17.2 Å². The molecule has 0 radical (unpaired) electrons. The van der Waals surface area contributed by atoms with Crippen molar-refractivity contribution in [3.8, 4) is 0 Å². The number of hydrazine groups is 1. The molecule has 0 amide bonds. The SMILES string of the molecule is NNc1csc(C2CCC2)n1. The highest BCUT2D eigenvalue weighted by molar-refractivity contribution is 7.10. The topological polar surface area (TPSA) is 50.9 Å². The number of anilines is 1. The fourth-order valence-corrected chi connectivity index (χ4v) is 2.13. The maximum absolute atomic E-state index is 5.22. The standard InChI is InChI=1S/C7H11N3S/c8-10-6-4-11-7(9-6)5-2-1-3-5/h4-5,10H,1-3,8H2. The second-order valence-corrected chi connectivity index (χ2v) is 3.73. The van der Waals surface area contributed by atoms with Crippen molar-refractivity contribution in [2.45, 2.75) is 25.2 Å². The van der Waals surface area contributed by atoms with E-state index >= 15 is 0 Å². The fraction of sp³-hybridized carbons (Fsp3) is 0.571. The van der Waals surface area contributed by atoms with Gasteiger partial charge in [0.15, 0.2) is 5.82 Å². The first-order chi connectivity index (χ1) is 5.40. The van der Waals surface area contributed by atoms with Gasteiger partial charge in [0.05, 0.1) is 5.01 Å². The molecule has 1 fully saturated rings. The molecule has 0 aliphatic heterocycles. The molecule has 0 unspecified atom stereocenters. The van der Waals surface area contributed by atoms with Gasteiger partial charge in [-0.25, -0.2) is 10.8 Å². The third-order valence-corrected chi connectivity index (χ3v) is 3.13. The molecule has 1 saturated carbocycles. The minimum atomic E-state index is 0.724. The highest BCUT2D eigenvalue weighted by Gasteiger charge is 2.22. The number of aromatic nitrogens is 1. The summed E-state index contributed by atoms with van der Waals surface area (Å²) in [6.45, 7) is 0. The zero-order valence-electron chi connectivity index (χ0n) is 6.21. The van der Waals surface area contributed by atoms with Gasteiger partial charge >= 0.3 is 0 Å². The highest BCUT2D eigenvalue weighted by Crippen LogP contribution is 2.38. The molecule has 1 aromatic heterocycles. The van der Waals surface area contributed by atoms with E-state index in [1.54, 1.807) is 11.3 Å². The Hall–Kier alpha value is -0.610. The van der Waals surface area contributed by atoms with Gasteiger partial charge in [-0.05, 0) is 12.8 Å². The molecule has 3 N–H and O–H groups in total. The molecule has 0 spiro atoms. The third-order valence-electron chi connectivity index (χ3n) is 2.12. The Bertz CT molecular complexity index is 242. The zero-order chi connectivity index (χ0) is 7.68. The lowest BCUT2D eigenvalue weighted by molar-refractivity contribution is 0.418. The van der Waals surface area contributed by atoms with Gasteiger partial charge in [-0.1, -0.05) is 6.42 Å². The van der Waals surface area contributed by atoms with Crippen molar-refractivity contribution in [3.63, 3.8) is 0 Å². The number of nitrogens with one attached hydrogen (secondary N) is 1. The summed E-state index contributed by atoms with van der Waals surface area (Å²) < 4.78 is 0. The van der Waals surface area contributed by atoms with Crippen molar-refractivity contribution < 1.29 is 0 Å². The van der Waals surface area contributed by atoms with Crippen LogP contribution in [0.3, 0.4) is 0 Å². The molecule has 1 aliphatic carbocycles. The summed E-state index contributed by atoms with van der Waals surface area (Å²) in [5, 5.41) is 3.21. The first kappa shape index (κ1) is 7.06. The Balaban J connectivity index is 2.11. The maximum Gasteiger partial charge on any atom is 0.151 e. The molecule has 11 heavy (non-hydrogen) atoms. The average Bonchev–Trinajstić information content (AvgIpc) is 2.32. The van der Waals surface area contributed by atoms with Crippen molar-refractivity contribution in [1.29, 1.82) is 0 Å². The van der Waals surface area contributed by atoms with Crippen molar-refractivity contribution in [2.75, 3.05) is 5.43 Å². The van der Waals surface area contributed by atoms with Gasteiger partial charge < -0.3 is 5.43 Å². The minimum Gasteiger partial charge on any atom is -0.308 e. The van der Waals surface area contributed by atoms with Crippen LogP contribution in [0.15, 0.2) is 5.38 Å². The van der Waals surface area contributed by atoms with Crippen LogP contribution in [0, 0.1) is 0 Å². The van der Waals surface area contributed by atoms with Crippen LogP contribution in [0.25, 0.3) is 0 Å². The first-order valence-corrected chi connectivity index (χ1v) is 4.70. The monoisotopic (exact) mass is 169 g/mol. The Morgan fingerprint density at radius 3 is 2.91 bits per heavy atom. The molecule has 2 rings (SSSR count). The smallest absolute Gasteiger partial charge is 0.151 e. The zero-order valence-corrected chi connectivity index (χ0v) is 7.03. The molecule has 0 atom stereocenters. The average molecular weight is 169 g/mol. The Morgan fingerprint density at radius 1 is 1.64 bits per heavy atom. The van der Waals surface area contributed by atoms with Gasteiger partial charge in [0, 0.05) is 11.3 Å². The van der Waals surface area contributed by atoms with E-state index in [2.05, 4.69) is 10.4 Å². The number of thiazole rings is 1. The second-order valence-electron chi connectivity index (χ2n) is 2.84. The summed E-state index contributed by atoms with van der Waals surface area (Å²) in [5.41, 5.74) is 2.55. The van der Waals surface area contributed by atoms with E-state index in [1.807, 2.05) is 5.38 Å². The Labute approximate surface area is 69.6 Å². The normalized spacial score (nSPS) is 17.9. The number of nitrogens with zero attached hydrogens (tertiary/aromatic N) is 1. The van der Waals surface area contributed by atoms with E-state index in [1.165, 1.54) is 24.3 Å². The molecule has 0 saturated heterocycles. The van der Waals surface area contributed by atoms with Crippen molar-refractivity contribution in [3.05, 3.63) is 10.4 Å². The predicted octanol–water partition coefficient (Wildman–Crippen LogP) is 1.70. The van der Waals surface area contributed by atoms with E-state index in [0.29, 0.717) is 0 Å². The van der Waals surface area contributed by atoms with Gasteiger partial charge in [-0.15, -0.1) is 11.3 Å². The Morgan fingerprint density at radius 2 is 2.45 bits per heavy atom. The molecular formula is C7H11N3S. The van der Waals surface area contributed by atoms with Crippen LogP contribution in [-0.4, -0.2) is 4.98 Å². The van der Waals surface area contributed by atoms with Crippen LogP contribution in [-0.2, 0) is 0 Å². The number of nitrogens with two attached hydrogens (primary N) is 1. The van der Waals surface area contributed by atoms with Gasteiger partial charge in [0.1, 0.15) is 0 Å². The largest absolute Gasteiger partial charge is 0.308 e. The van der Waals surface area contributed by atoms with E-state index in [0.717, 1.165) is 11.7 Å². The second kappa shape index (κ2) is 2.79. The van der Waals surface area contributed by atoms with Crippen LogP contribution in [0.1, 0.15) is 30.2 Å². The minimum absolute atomic E-state index is 0.724. The van der Waals surface area contributed by atoms with E-state index in [4.69, 9.17) is 5.84 Å². The predicted molar refractivity (Wildman–Crippen MR) is 46.5 cm³/mol. The molecule has 1 heterocycles. The molecular weight excluding hydrogens is 158 g/mol. The summed E-state index contributed by atoms with van der Waals surface area (Å²) >= 11 is 1.70. The van der Waals surface area contributed by atoms with Crippen LogP contribution in [0.5, 0.6) is 0 Å². The fourth-order valence-electron chi connectivity index (χ4n) is 1.20. The number of hydrogen-bond acceptors (Lipinski definition) is 4. The summed E-state index contributed by atoms with van der Waals surface area (Å²) in [6, 6.07) is 0. The van der Waals surface area contributed by atoms with Crippen LogP contribution in [0.4, 0.5) is 5.82 Å². The molecule has 1 aromatic rings. The molecule has 4 heteroatoms. The molecule has 1 aliphatic rings. The van der Waals surface area contributed by atoms with Crippen LogP contribution >= 0.6 is 11.3 Å². The first-order valence-electron chi connectivity index (χ1n) is 3.82. The van der Waals surface area contributed by atoms with E-state index in [9.17, 15) is 0 Å². The summed E-state index contributed by atoms with van der Waals surface area (Å²) in [7, 11) is 0. The number of hydrogen-bond donors (Lipinski definition) is 2. The van der Waals surface area contributed by atoms with Crippen LogP contribution in [0.2, 0.25) is 0 Å². The molecule has 60 valence electrons. The number of nitrogen functional groups attached to an aromatic ring is 1. The third kappa shape index (κ3) is 1.23. The van der Waals surface area contributed by atoms with Gasteiger partial charge in [0.2, 0.25) is 0 Å². The Kier molecular flexibility index (Phi) is 1.79. The maximum atomic E-state index is 5.22. The van der Waals surface area contributed by atoms with E-state index in [-0.39, 0.29) is 0 Å². The van der Waals surface area contributed by atoms with Gasteiger partial charge in [-0.3, -0.25) is 0 Å². The quantitative estimate of drug-likeness (QED) is 0.523. The lowest BCUT2D eigenvalue weighted by Gasteiger charge is -2.22. The summed E-state index contributed by atoms with van der Waals surface area (Å²) in [6.07, 6.45) is 3.96. The summed E-state index contributed by atoms with van der Waals surface area (Å²) in [5.74, 6) is 6.74. The van der Waals surface area contributed by atoms with Crippen LogP contribution < -0.4 is 11.3 Å². The summed E-state index contributed by atoms with van der Waals surface area (Å²) in [4.78, 5) is 4.33. The lowest BCUT2D eigenvalue weighted by Crippen LogP contribution is -2.10. The number of rotatable bonds is 2. The molecule has 0 aromatic carbocycles. The van der Waals surface area contributed by atoms with Gasteiger partial charge in [0.25, 0.3) is 0 Å².